The molecule has 2 amide bonds. The molecule has 0 bridgehead atoms. The molecule has 0 spiro atoms. The van der Waals surface area contributed by atoms with Gasteiger partial charge in [0.2, 0.25) is 5.91 Å². The zero-order valence-corrected chi connectivity index (χ0v) is 13.1. The van der Waals surface area contributed by atoms with E-state index in [-0.39, 0.29) is 18.4 Å². The van der Waals surface area contributed by atoms with E-state index in [2.05, 4.69) is 21.2 Å². The van der Waals surface area contributed by atoms with Gasteiger partial charge in [-0.2, -0.15) is 0 Å². The molecular formula is C16H15BrN2O2. The molecule has 2 rings (SSSR count). The number of hydrogen-bond donors (Lipinski definition) is 1. The van der Waals surface area contributed by atoms with Gasteiger partial charge in [0, 0.05) is 22.8 Å². The normalized spacial score (nSPS) is 10.0. The average molecular weight is 347 g/mol. The standard InChI is InChI=1S/C16H15BrN2O2/c1-19(16(21)12-7-9-13(17)10-8-12)11-15(20)18-14-5-3-2-4-6-14/h2-10H,11H2,1H3,(H,18,20). The van der Waals surface area contributed by atoms with E-state index in [1.165, 1.54) is 4.90 Å². The molecule has 0 radical (unpaired) electrons. The summed E-state index contributed by atoms with van der Waals surface area (Å²) >= 11 is 3.32. The van der Waals surface area contributed by atoms with Gasteiger partial charge < -0.3 is 10.2 Å². The van der Waals surface area contributed by atoms with Gasteiger partial charge in [0.05, 0.1) is 6.54 Å². The Hall–Kier alpha value is -2.14. The number of amides is 2. The maximum Gasteiger partial charge on any atom is 0.254 e. The monoisotopic (exact) mass is 346 g/mol. The van der Waals surface area contributed by atoms with Gasteiger partial charge in [0.15, 0.2) is 0 Å². The van der Waals surface area contributed by atoms with Gasteiger partial charge >= 0.3 is 0 Å². The van der Waals surface area contributed by atoms with Crippen molar-refractivity contribution < 1.29 is 9.59 Å². The molecule has 0 aliphatic carbocycles. The summed E-state index contributed by atoms with van der Waals surface area (Å²) in [5, 5.41) is 2.75. The van der Waals surface area contributed by atoms with Crippen LogP contribution in [0.1, 0.15) is 10.4 Å². The predicted octanol–water partition coefficient (Wildman–Crippen LogP) is 3.16. The molecule has 21 heavy (non-hydrogen) atoms. The SMILES string of the molecule is CN(CC(=O)Nc1ccccc1)C(=O)c1ccc(Br)cc1. The Morgan fingerprint density at radius 2 is 1.67 bits per heavy atom. The lowest BCUT2D eigenvalue weighted by Gasteiger charge is -2.17. The van der Waals surface area contributed by atoms with E-state index in [1.807, 2.05) is 18.2 Å². The highest BCUT2D eigenvalue weighted by Gasteiger charge is 2.14. The molecule has 0 saturated heterocycles. The third-order valence-corrected chi connectivity index (χ3v) is 3.40. The van der Waals surface area contributed by atoms with Crippen molar-refractivity contribution in [3.63, 3.8) is 0 Å². The summed E-state index contributed by atoms with van der Waals surface area (Å²) in [6.45, 7) is 0.00376. The number of carbonyl (C=O) groups excluding carboxylic acids is 2. The van der Waals surface area contributed by atoms with Gasteiger partial charge in [0.25, 0.3) is 5.91 Å². The number of hydrogen-bond acceptors (Lipinski definition) is 2. The Labute approximate surface area is 131 Å². The molecule has 0 fully saturated rings. The lowest BCUT2D eigenvalue weighted by molar-refractivity contribution is -0.116. The van der Waals surface area contributed by atoms with E-state index in [0.717, 1.165) is 4.47 Å². The van der Waals surface area contributed by atoms with Crippen LogP contribution >= 0.6 is 15.9 Å². The van der Waals surface area contributed by atoms with E-state index in [4.69, 9.17) is 0 Å². The Bertz CT molecular complexity index is 626. The summed E-state index contributed by atoms with van der Waals surface area (Å²) < 4.78 is 0.906. The average Bonchev–Trinajstić information content (AvgIpc) is 2.48. The minimum atomic E-state index is -0.228. The van der Waals surface area contributed by atoms with Crippen molar-refractivity contribution in [3.05, 3.63) is 64.6 Å². The van der Waals surface area contributed by atoms with Crippen molar-refractivity contribution >= 4 is 33.4 Å². The number of benzene rings is 2. The second kappa shape index (κ2) is 7.04. The minimum absolute atomic E-state index is 0.00376. The molecular weight excluding hydrogens is 332 g/mol. The van der Waals surface area contributed by atoms with Crippen LogP contribution in [0.15, 0.2) is 59.1 Å². The Balaban J connectivity index is 1.94. The van der Waals surface area contributed by atoms with Gasteiger partial charge in [-0.25, -0.2) is 0 Å². The zero-order valence-electron chi connectivity index (χ0n) is 11.5. The fourth-order valence-electron chi connectivity index (χ4n) is 1.82. The van der Waals surface area contributed by atoms with Gasteiger partial charge in [-0.3, -0.25) is 9.59 Å². The molecule has 0 aromatic heterocycles. The molecule has 0 saturated carbocycles. The van der Waals surface area contributed by atoms with Crippen LogP contribution in [0.25, 0.3) is 0 Å². The van der Waals surface area contributed by atoms with Crippen LogP contribution in [0.4, 0.5) is 5.69 Å². The van der Waals surface area contributed by atoms with Crippen LogP contribution in [0.2, 0.25) is 0 Å². The van der Waals surface area contributed by atoms with E-state index >= 15 is 0 Å². The maximum atomic E-state index is 12.2. The first-order valence-corrected chi connectivity index (χ1v) is 7.21. The van der Waals surface area contributed by atoms with E-state index in [1.54, 1.807) is 43.4 Å². The summed E-state index contributed by atoms with van der Waals surface area (Å²) in [6.07, 6.45) is 0. The number of nitrogens with zero attached hydrogens (tertiary/aromatic N) is 1. The predicted molar refractivity (Wildman–Crippen MR) is 86.2 cm³/mol. The first-order chi connectivity index (χ1) is 10.1. The molecule has 0 unspecified atom stereocenters. The van der Waals surface area contributed by atoms with Crippen LogP contribution in [-0.2, 0) is 4.79 Å². The van der Waals surface area contributed by atoms with E-state index in [0.29, 0.717) is 11.3 Å². The smallest absolute Gasteiger partial charge is 0.254 e. The summed E-state index contributed by atoms with van der Waals surface area (Å²) in [5.74, 6) is -0.417. The minimum Gasteiger partial charge on any atom is -0.332 e. The van der Waals surface area contributed by atoms with E-state index in [9.17, 15) is 9.59 Å². The molecule has 4 nitrogen and oxygen atoms in total. The van der Waals surface area contributed by atoms with E-state index < -0.39 is 0 Å². The largest absolute Gasteiger partial charge is 0.332 e. The molecule has 0 aliphatic rings. The van der Waals surface area contributed by atoms with Crippen molar-refractivity contribution in [2.75, 3.05) is 18.9 Å². The van der Waals surface area contributed by atoms with Crippen LogP contribution in [0.3, 0.4) is 0 Å². The van der Waals surface area contributed by atoms with Crippen LogP contribution in [0.5, 0.6) is 0 Å². The van der Waals surface area contributed by atoms with Crippen LogP contribution in [0, 0.1) is 0 Å². The fraction of sp³-hybridized carbons (Fsp3) is 0.125. The summed E-state index contributed by atoms with van der Waals surface area (Å²) in [7, 11) is 1.61. The number of rotatable bonds is 4. The number of nitrogens with one attached hydrogen (secondary N) is 1. The highest BCUT2D eigenvalue weighted by Crippen LogP contribution is 2.12. The molecule has 0 aliphatic heterocycles. The van der Waals surface area contributed by atoms with Crippen molar-refractivity contribution in [1.82, 2.24) is 4.90 Å². The third-order valence-electron chi connectivity index (χ3n) is 2.88. The summed E-state index contributed by atoms with van der Waals surface area (Å²) in [6, 6.07) is 16.2. The fourth-order valence-corrected chi connectivity index (χ4v) is 2.09. The molecule has 5 heteroatoms. The van der Waals surface area contributed by atoms with Gasteiger partial charge in [-0.05, 0) is 36.4 Å². The molecule has 1 N–H and O–H groups in total. The third kappa shape index (κ3) is 4.43. The quantitative estimate of drug-likeness (QED) is 0.924. The second-order valence-corrected chi connectivity index (χ2v) is 5.50. The highest BCUT2D eigenvalue weighted by molar-refractivity contribution is 9.10. The van der Waals surface area contributed by atoms with Gasteiger partial charge in [0.1, 0.15) is 0 Å². The highest BCUT2D eigenvalue weighted by atomic mass is 79.9. The van der Waals surface area contributed by atoms with Gasteiger partial charge in [-0.1, -0.05) is 34.1 Å². The van der Waals surface area contributed by atoms with Crippen LogP contribution < -0.4 is 5.32 Å². The van der Waals surface area contributed by atoms with Crippen molar-refractivity contribution in [2.24, 2.45) is 0 Å². The van der Waals surface area contributed by atoms with Crippen LogP contribution in [-0.4, -0.2) is 30.3 Å². The number of carbonyl (C=O) groups is 2. The molecule has 108 valence electrons. The maximum absolute atomic E-state index is 12.2. The Morgan fingerprint density at radius 3 is 2.29 bits per heavy atom. The first-order valence-electron chi connectivity index (χ1n) is 6.42. The van der Waals surface area contributed by atoms with Gasteiger partial charge in [-0.15, -0.1) is 0 Å². The number of para-hydroxylation sites is 1. The zero-order chi connectivity index (χ0) is 15.2. The molecule has 0 heterocycles. The first kappa shape index (κ1) is 15.3. The lowest BCUT2D eigenvalue weighted by Crippen LogP contribution is -2.34. The Morgan fingerprint density at radius 1 is 1.05 bits per heavy atom. The Kier molecular flexibility index (Phi) is 5.11. The molecule has 2 aromatic carbocycles. The number of likely N-dealkylation sites (N-methyl/N-ethyl adjacent to an activating group) is 1. The number of halogens is 1. The second-order valence-electron chi connectivity index (χ2n) is 4.58. The number of anilines is 1. The topological polar surface area (TPSA) is 49.4 Å². The van der Waals surface area contributed by atoms with Crippen molar-refractivity contribution in [1.29, 1.82) is 0 Å². The summed E-state index contributed by atoms with van der Waals surface area (Å²) in [5.41, 5.74) is 1.26. The molecule has 2 aromatic rings. The summed E-state index contributed by atoms with van der Waals surface area (Å²) in [4.78, 5) is 25.5. The molecule has 0 atom stereocenters. The van der Waals surface area contributed by atoms with Crippen molar-refractivity contribution in [2.45, 2.75) is 0 Å². The van der Waals surface area contributed by atoms with Crippen molar-refractivity contribution in [3.8, 4) is 0 Å². The lowest BCUT2D eigenvalue weighted by atomic mass is 10.2.